The van der Waals surface area contributed by atoms with E-state index in [1.165, 1.54) is 0 Å². The monoisotopic (exact) mass is 336 g/mol. The number of hydrogen-bond donors (Lipinski definition) is 1. The number of nitrogens with one attached hydrogen (secondary N) is 1. The van der Waals surface area contributed by atoms with Crippen molar-refractivity contribution in [1.29, 1.82) is 5.26 Å². The molecule has 1 atom stereocenters. The SMILES string of the molecule is CCOc1ccccc1NC(=O)[C@@H](C#N)C(=O)c1ccc(C)c(C)c1. The number of nitriles is 1. The third-order valence-corrected chi connectivity index (χ3v) is 3.89. The molecule has 0 bridgehead atoms. The second-order valence-electron chi connectivity index (χ2n) is 5.64. The zero-order chi connectivity index (χ0) is 18.4. The largest absolute Gasteiger partial charge is 0.492 e. The van der Waals surface area contributed by atoms with E-state index in [0.29, 0.717) is 23.6 Å². The van der Waals surface area contributed by atoms with Gasteiger partial charge in [0.2, 0.25) is 5.91 Å². The first-order chi connectivity index (χ1) is 12.0. The fourth-order valence-corrected chi connectivity index (χ4v) is 2.35. The lowest BCUT2D eigenvalue weighted by Crippen LogP contribution is -2.29. The molecular formula is C20H20N2O3. The molecule has 5 heteroatoms. The number of ether oxygens (including phenoxy) is 1. The number of ketones is 1. The number of anilines is 1. The van der Waals surface area contributed by atoms with Crippen molar-refractivity contribution >= 4 is 17.4 Å². The van der Waals surface area contributed by atoms with Crippen molar-refractivity contribution in [2.24, 2.45) is 5.92 Å². The maximum atomic E-state index is 12.6. The number of aryl methyl sites for hydroxylation is 2. The van der Waals surface area contributed by atoms with Crippen molar-refractivity contribution in [2.75, 3.05) is 11.9 Å². The molecule has 0 saturated heterocycles. The summed E-state index contributed by atoms with van der Waals surface area (Å²) in [6.07, 6.45) is 0. The highest BCUT2D eigenvalue weighted by molar-refractivity contribution is 6.15. The Labute approximate surface area is 147 Å². The second-order valence-corrected chi connectivity index (χ2v) is 5.64. The van der Waals surface area contributed by atoms with Crippen LogP contribution in [0.1, 0.15) is 28.4 Å². The Morgan fingerprint density at radius 1 is 1.16 bits per heavy atom. The van der Waals surface area contributed by atoms with Gasteiger partial charge in [0.1, 0.15) is 5.75 Å². The summed E-state index contributed by atoms with van der Waals surface area (Å²) in [5.74, 6) is -2.11. The summed E-state index contributed by atoms with van der Waals surface area (Å²) in [7, 11) is 0. The minimum absolute atomic E-state index is 0.350. The molecule has 0 fully saturated rings. The second kappa shape index (κ2) is 8.11. The first kappa shape index (κ1) is 18.2. The Hall–Kier alpha value is -3.13. The Balaban J connectivity index is 2.23. The molecule has 128 valence electrons. The number of carbonyl (C=O) groups excluding carboxylic acids is 2. The zero-order valence-corrected chi connectivity index (χ0v) is 14.5. The molecule has 1 amide bonds. The Bertz CT molecular complexity index is 837. The number of benzene rings is 2. The third-order valence-electron chi connectivity index (χ3n) is 3.89. The zero-order valence-electron chi connectivity index (χ0n) is 14.5. The van der Waals surface area contributed by atoms with Gasteiger partial charge in [-0.25, -0.2) is 0 Å². The van der Waals surface area contributed by atoms with Gasteiger partial charge in [-0.15, -0.1) is 0 Å². The predicted octanol–water partition coefficient (Wildman–Crippen LogP) is 3.66. The lowest BCUT2D eigenvalue weighted by molar-refractivity contribution is -0.117. The fourth-order valence-electron chi connectivity index (χ4n) is 2.35. The molecule has 0 aliphatic rings. The van der Waals surface area contributed by atoms with Crippen LogP contribution in [-0.4, -0.2) is 18.3 Å². The molecule has 0 aliphatic carbocycles. The van der Waals surface area contributed by atoms with E-state index in [2.05, 4.69) is 5.32 Å². The van der Waals surface area contributed by atoms with Gasteiger partial charge in [-0.1, -0.05) is 24.3 Å². The van der Waals surface area contributed by atoms with Gasteiger partial charge in [-0.3, -0.25) is 9.59 Å². The maximum Gasteiger partial charge on any atom is 0.249 e. The van der Waals surface area contributed by atoms with E-state index in [0.717, 1.165) is 11.1 Å². The number of para-hydroxylation sites is 2. The molecule has 1 N–H and O–H groups in total. The van der Waals surface area contributed by atoms with Crippen molar-refractivity contribution in [2.45, 2.75) is 20.8 Å². The van der Waals surface area contributed by atoms with Crippen LogP contribution in [-0.2, 0) is 4.79 Å². The smallest absolute Gasteiger partial charge is 0.249 e. The number of Topliss-reactive ketones (excluding diaryl/α,β-unsaturated/α-hetero) is 1. The van der Waals surface area contributed by atoms with Crippen LogP contribution >= 0.6 is 0 Å². The Kier molecular flexibility index (Phi) is 5.91. The van der Waals surface area contributed by atoms with E-state index in [-0.39, 0.29) is 0 Å². The van der Waals surface area contributed by atoms with E-state index in [4.69, 9.17) is 4.74 Å². The minimum atomic E-state index is -1.42. The van der Waals surface area contributed by atoms with Crippen molar-refractivity contribution in [3.8, 4) is 11.8 Å². The molecule has 25 heavy (non-hydrogen) atoms. The van der Waals surface area contributed by atoms with Crippen molar-refractivity contribution in [1.82, 2.24) is 0 Å². The van der Waals surface area contributed by atoms with Gasteiger partial charge in [0.25, 0.3) is 0 Å². The van der Waals surface area contributed by atoms with Crippen LogP contribution < -0.4 is 10.1 Å². The van der Waals surface area contributed by atoms with Crippen LogP contribution in [0.2, 0.25) is 0 Å². The molecule has 2 aromatic rings. The molecular weight excluding hydrogens is 316 g/mol. The van der Waals surface area contributed by atoms with Crippen molar-refractivity contribution in [3.63, 3.8) is 0 Å². The number of hydrogen-bond acceptors (Lipinski definition) is 4. The highest BCUT2D eigenvalue weighted by Crippen LogP contribution is 2.24. The summed E-state index contributed by atoms with van der Waals surface area (Å²) in [6, 6.07) is 13.8. The van der Waals surface area contributed by atoms with Gasteiger partial charge in [-0.2, -0.15) is 5.26 Å². The van der Waals surface area contributed by atoms with Gasteiger partial charge < -0.3 is 10.1 Å². The quantitative estimate of drug-likeness (QED) is 0.645. The number of rotatable bonds is 6. The molecule has 0 aromatic heterocycles. The van der Waals surface area contributed by atoms with Crippen molar-refractivity contribution < 1.29 is 14.3 Å². The molecule has 0 unspecified atom stereocenters. The van der Waals surface area contributed by atoms with Gasteiger partial charge in [0.05, 0.1) is 18.4 Å². The van der Waals surface area contributed by atoms with Gasteiger partial charge in [0, 0.05) is 5.56 Å². The van der Waals surface area contributed by atoms with E-state index in [1.54, 1.807) is 48.5 Å². The molecule has 2 aromatic carbocycles. The Morgan fingerprint density at radius 3 is 2.52 bits per heavy atom. The lowest BCUT2D eigenvalue weighted by Gasteiger charge is -2.13. The van der Waals surface area contributed by atoms with Crippen LogP contribution in [0.4, 0.5) is 5.69 Å². The maximum absolute atomic E-state index is 12.6. The minimum Gasteiger partial charge on any atom is -0.492 e. The summed E-state index contributed by atoms with van der Waals surface area (Å²) in [5, 5.41) is 12.0. The van der Waals surface area contributed by atoms with Crippen LogP contribution in [0.5, 0.6) is 5.75 Å². The summed E-state index contributed by atoms with van der Waals surface area (Å²) in [4.78, 5) is 25.0. The van der Waals surface area contributed by atoms with Crippen LogP contribution in [0.15, 0.2) is 42.5 Å². The number of nitrogens with zero attached hydrogens (tertiary/aromatic N) is 1. The molecule has 0 saturated carbocycles. The predicted molar refractivity (Wildman–Crippen MR) is 95.6 cm³/mol. The van der Waals surface area contributed by atoms with Crippen LogP contribution in [0.3, 0.4) is 0 Å². The number of carbonyl (C=O) groups is 2. The molecule has 2 rings (SSSR count). The van der Waals surface area contributed by atoms with Gasteiger partial charge in [-0.05, 0) is 50.1 Å². The van der Waals surface area contributed by atoms with E-state index in [9.17, 15) is 14.9 Å². The molecule has 0 spiro atoms. The highest BCUT2D eigenvalue weighted by atomic mass is 16.5. The fraction of sp³-hybridized carbons (Fsp3) is 0.250. The average Bonchev–Trinajstić information content (AvgIpc) is 2.60. The molecule has 5 nitrogen and oxygen atoms in total. The van der Waals surface area contributed by atoms with Gasteiger partial charge in [0.15, 0.2) is 11.7 Å². The topological polar surface area (TPSA) is 79.2 Å². The summed E-state index contributed by atoms with van der Waals surface area (Å²) >= 11 is 0. The van der Waals surface area contributed by atoms with Gasteiger partial charge >= 0.3 is 0 Å². The number of amides is 1. The third kappa shape index (κ3) is 4.24. The molecule has 0 heterocycles. The summed E-state index contributed by atoms with van der Waals surface area (Å²) < 4.78 is 5.44. The van der Waals surface area contributed by atoms with Crippen molar-refractivity contribution in [3.05, 3.63) is 59.2 Å². The van der Waals surface area contributed by atoms with Crippen LogP contribution in [0.25, 0.3) is 0 Å². The first-order valence-electron chi connectivity index (χ1n) is 8.01. The van der Waals surface area contributed by atoms with Crippen LogP contribution in [0, 0.1) is 31.1 Å². The summed E-state index contributed by atoms with van der Waals surface area (Å²) in [6.45, 7) is 6.09. The molecule has 0 radical (unpaired) electrons. The first-order valence-corrected chi connectivity index (χ1v) is 8.01. The van der Waals surface area contributed by atoms with E-state index in [1.807, 2.05) is 20.8 Å². The molecule has 0 aliphatic heterocycles. The Morgan fingerprint density at radius 2 is 1.88 bits per heavy atom. The standard InChI is InChI=1S/C20H20N2O3/c1-4-25-18-8-6-5-7-17(18)22-20(24)16(12-21)19(23)15-10-9-13(2)14(3)11-15/h5-11,16H,4H2,1-3H3,(H,22,24)/t16-/m0/s1. The lowest BCUT2D eigenvalue weighted by atomic mass is 9.95. The average molecular weight is 336 g/mol. The van der Waals surface area contributed by atoms with E-state index < -0.39 is 17.6 Å². The highest BCUT2D eigenvalue weighted by Gasteiger charge is 2.28. The normalized spacial score (nSPS) is 11.3. The van der Waals surface area contributed by atoms with E-state index >= 15 is 0 Å². The summed E-state index contributed by atoms with van der Waals surface area (Å²) in [5.41, 5.74) is 2.76.